The van der Waals surface area contributed by atoms with Gasteiger partial charge in [-0.15, -0.1) is 16.4 Å². The third-order valence-electron chi connectivity index (χ3n) is 5.14. The first-order valence-corrected chi connectivity index (χ1v) is 9.13. The molecule has 0 unspecified atom stereocenters. The van der Waals surface area contributed by atoms with Crippen LogP contribution < -0.4 is 5.73 Å². The van der Waals surface area contributed by atoms with Crippen LogP contribution in [0.1, 0.15) is 26.5 Å². The van der Waals surface area contributed by atoms with Gasteiger partial charge in [-0.1, -0.05) is 30.3 Å². The molecule has 0 aliphatic carbocycles. The van der Waals surface area contributed by atoms with Crippen molar-refractivity contribution in [1.29, 1.82) is 0 Å². The maximum absolute atomic E-state index is 13.0. The Kier molecular flexibility index (Phi) is 3.77. The number of aliphatic imine (C=N–C) groups is 1. The lowest BCUT2D eigenvalue weighted by molar-refractivity contribution is 0.0418. The van der Waals surface area contributed by atoms with Gasteiger partial charge < -0.3 is 10.6 Å². The molecule has 2 N–H and O–H groups in total. The van der Waals surface area contributed by atoms with Crippen molar-refractivity contribution < 1.29 is 4.79 Å². The minimum absolute atomic E-state index is 0.0854. The van der Waals surface area contributed by atoms with Gasteiger partial charge in [0.1, 0.15) is 15.2 Å². The number of benzene rings is 1. The number of amides is 1. The van der Waals surface area contributed by atoms with E-state index in [-0.39, 0.29) is 5.91 Å². The van der Waals surface area contributed by atoms with Crippen molar-refractivity contribution >= 4 is 39.9 Å². The molecule has 3 aromatic rings. The van der Waals surface area contributed by atoms with Gasteiger partial charge in [-0.3, -0.25) is 9.79 Å². The zero-order valence-electron chi connectivity index (χ0n) is 14.7. The first-order valence-electron chi connectivity index (χ1n) is 8.31. The molecule has 1 fully saturated rings. The first kappa shape index (κ1) is 16.7. The number of nitrogen functional groups attached to an aromatic ring is 1. The number of likely N-dealkylation sites (tertiary alicyclic amines) is 1. The minimum atomic E-state index is -0.436. The molecule has 0 bridgehead atoms. The van der Waals surface area contributed by atoms with Gasteiger partial charge in [0, 0.05) is 5.39 Å². The second-order valence-corrected chi connectivity index (χ2v) is 7.65. The predicted molar refractivity (Wildman–Crippen MR) is 105 cm³/mol. The van der Waals surface area contributed by atoms with E-state index in [1.54, 1.807) is 4.90 Å². The summed E-state index contributed by atoms with van der Waals surface area (Å²) < 4.78 is 0. The summed E-state index contributed by atoms with van der Waals surface area (Å²) in [7, 11) is 0. The maximum atomic E-state index is 13.0. The van der Waals surface area contributed by atoms with Crippen LogP contribution >= 0.6 is 11.3 Å². The van der Waals surface area contributed by atoms with Crippen LogP contribution in [0.25, 0.3) is 10.2 Å². The highest BCUT2D eigenvalue weighted by Gasteiger charge is 2.46. The molecule has 0 radical (unpaired) electrons. The Labute approximate surface area is 155 Å². The van der Waals surface area contributed by atoms with E-state index in [1.165, 1.54) is 11.3 Å². The van der Waals surface area contributed by atoms with E-state index in [0.717, 1.165) is 22.2 Å². The highest BCUT2D eigenvalue weighted by atomic mass is 32.1. The molecule has 0 spiro atoms. The van der Waals surface area contributed by atoms with Crippen molar-refractivity contribution in [2.75, 3.05) is 18.8 Å². The lowest BCUT2D eigenvalue weighted by Crippen LogP contribution is -2.60. The molecule has 7 heteroatoms. The zero-order valence-corrected chi connectivity index (χ0v) is 15.5. The monoisotopic (exact) mass is 365 g/mol. The van der Waals surface area contributed by atoms with Gasteiger partial charge in [0.25, 0.3) is 5.91 Å². The predicted octanol–water partition coefficient (Wildman–Crippen LogP) is 2.94. The number of fused-ring (bicyclic) bond motifs is 1. The van der Waals surface area contributed by atoms with Gasteiger partial charge in [-0.05, 0) is 31.7 Å². The molecular weight excluding hydrogens is 346 g/mol. The van der Waals surface area contributed by atoms with Crippen molar-refractivity contribution in [2.24, 2.45) is 4.99 Å². The van der Waals surface area contributed by atoms with E-state index < -0.39 is 5.54 Å². The largest absolute Gasteiger partial charge is 0.397 e. The molecule has 1 aromatic carbocycles. The number of carbonyl (C=O) groups excluding carboxylic acids is 1. The Hall–Kier alpha value is -2.80. The van der Waals surface area contributed by atoms with Gasteiger partial charge in [-0.25, -0.2) is 0 Å². The molecular formula is C19H19N5OS. The average molecular weight is 365 g/mol. The smallest absolute Gasteiger partial charge is 0.266 e. The molecule has 4 rings (SSSR count). The lowest BCUT2D eigenvalue weighted by Gasteiger charge is -2.47. The van der Waals surface area contributed by atoms with Crippen LogP contribution in [-0.4, -0.2) is 40.8 Å². The Balaban J connectivity index is 1.64. The SMILES string of the molecule is C=NC1(c2ccccc2)CN(C(=O)c2sc3nnc(C)c(C)c3c2N)C1. The number of nitrogens with two attached hydrogens (primary N) is 1. The third-order valence-corrected chi connectivity index (χ3v) is 6.21. The topological polar surface area (TPSA) is 84.5 Å². The summed E-state index contributed by atoms with van der Waals surface area (Å²) in [5.74, 6) is -0.0854. The standard InChI is InChI=1S/C19H19N5OS/c1-11-12(2)22-23-17-14(11)15(20)16(26-17)18(25)24-9-19(10-24,21-3)13-7-5-4-6-8-13/h4-8H,3,9-10,20H2,1-2H3. The second-order valence-electron chi connectivity index (χ2n) is 6.65. The van der Waals surface area contributed by atoms with Crippen LogP contribution in [0.3, 0.4) is 0 Å². The van der Waals surface area contributed by atoms with Crippen LogP contribution in [0.5, 0.6) is 0 Å². The summed E-state index contributed by atoms with van der Waals surface area (Å²) in [4.78, 5) is 20.3. The second kappa shape index (κ2) is 5.88. The summed E-state index contributed by atoms with van der Waals surface area (Å²) in [6.07, 6.45) is 0. The molecule has 26 heavy (non-hydrogen) atoms. The summed E-state index contributed by atoms with van der Waals surface area (Å²) in [6, 6.07) is 9.95. The van der Waals surface area contributed by atoms with Gasteiger partial charge in [0.05, 0.1) is 24.5 Å². The minimum Gasteiger partial charge on any atom is -0.397 e. The summed E-state index contributed by atoms with van der Waals surface area (Å²) in [5, 5.41) is 9.16. The fourth-order valence-corrected chi connectivity index (χ4v) is 4.46. The number of hydrogen-bond donors (Lipinski definition) is 1. The van der Waals surface area contributed by atoms with Crippen LogP contribution in [-0.2, 0) is 5.54 Å². The normalized spacial score (nSPS) is 15.7. The molecule has 3 heterocycles. The number of thiophene rings is 1. The molecule has 1 aliphatic rings. The number of hydrogen-bond acceptors (Lipinski definition) is 6. The van der Waals surface area contributed by atoms with Crippen LogP contribution in [0.2, 0.25) is 0 Å². The Bertz CT molecular complexity index is 1020. The molecule has 6 nitrogen and oxygen atoms in total. The van der Waals surface area contributed by atoms with Crippen LogP contribution in [0.4, 0.5) is 5.69 Å². The van der Waals surface area contributed by atoms with Crippen molar-refractivity contribution in [3.05, 3.63) is 52.0 Å². The molecule has 1 saturated heterocycles. The number of rotatable bonds is 3. The highest BCUT2D eigenvalue weighted by Crippen LogP contribution is 2.40. The fraction of sp³-hybridized carbons (Fsp3) is 0.263. The van der Waals surface area contributed by atoms with Gasteiger partial charge in [0.15, 0.2) is 0 Å². The van der Waals surface area contributed by atoms with Crippen molar-refractivity contribution in [1.82, 2.24) is 15.1 Å². The van der Waals surface area contributed by atoms with E-state index in [0.29, 0.717) is 28.5 Å². The fourth-order valence-electron chi connectivity index (χ4n) is 3.39. The van der Waals surface area contributed by atoms with Gasteiger partial charge in [-0.2, -0.15) is 5.10 Å². The summed E-state index contributed by atoms with van der Waals surface area (Å²) >= 11 is 1.30. The molecule has 132 valence electrons. The summed E-state index contributed by atoms with van der Waals surface area (Å²) in [6.45, 7) is 8.58. The number of anilines is 1. The van der Waals surface area contributed by atoms with Crippen molar-refractivity contribution in [2.45, 2.75) is 19.4 Å². The molecule has 1 amide bonds. The van der Waals surface area contributed by atoms with Gasteiger partial charge >= 0.3 is 0 Å². The van der Waals surface area contributed by atoms with Crippen molar-refractivity contribution in [3.8, 4) is 0 Å². The molecule has 0 atom stereocenters. The number of nitrogens with zero attached hydrogens (tertiary/aromatic N) is 4. The quantitative estimate of drug-likeness (QED) is 0.723. The van der Waals surface area contributed by atoms with Crippen LogP contribution in [0.15, 0.2) is 35.3 Å². The first-order chi connectivity index (χ1) is 12.5. The van der Waals surface area contributed by atoms with E-state index in [1.807, 2.05) is 44.2 Å². The summed E-state index contributed by atoms with van der Waals surface area (Å²) in [5.41, 5.74) is 9.22. The molecule has 1 aliphatic heterocycles. The number of aryl methyl sites for hydroxylation is 2. The van der Waals surface area contributed by atoms with Gasteiger partial charge in [0.2, 0.25) is 0 Å². The highest BCUT2D eigenvalue weighted by molar-refractivity contribution is 7.21. The number of carbonyl (C=O) groups is 1. The maximum Gasteiger partial charge on any atom is 0.266 e. The molecule has 2 aromatic heterocycles. The van der Waals surface area contributed by atoms with Crippen LogP contribution in [0, 0.1) is 13.8 Å². The lowest BCUT2D eigenvalue weighted by atomic mass is 9.83. The van der Waals surface area contributed by atoms with E-state index in [4.69, 9.17) is 5.73 Å². The van der Waals surface area contributed by atoms with E-state index in [9.17, 15) is 4.79 Å². The Morgan fingerprint density at radius 2 is 1.96 bits per heavy atom. The Morgan fingerprint density at radius 3 is 2.62 bits per heavy atom. The average Bonchev–Trinajstić information content (AvgIpc) is 2.96. The Morgan fingerprint density at radius 1 is 1.27 bits per heavy atom. The van der Waals surface area contributed by atoms with E-state index >= 15 is 0 Å². The third kappa shape index (κ3) is 2.31. The zero-order chi connectivity index (χ0) is 18.5. The number of aromatic nitrogens is 2. The van der Waals surface area contributed by atoms with E-state index in [2.05, 4.69) is 21.9 Å². The molecule has 0 saturated carbocycles. The van der Waals surface area contributed by atoms with Crippen molar-refractivity contribution in [3.63, 3.8) is 0 Å².